The highest BCUT2D eigenvalue weighted by atomic mass is 79.9. The Morgan fingerprint density at radius 3 is 2.45 bits per heavy atom. The molecule has 2 rings (SSSR count). The molecule has 1 aliphatic heterocycles. The molecule has 1 aromatic carbocycles. The van der Waals surface area contributed by atoms with Gasteiger partial charge >= 0.3 is 0 Å². The molecule has 1 N–H and O–H groups in total. The van der Waals surface area contributed by atoms with Gasteiger partial charge in [-0.1, -0.05) is 22.0 Å². The number of piperazine rings is 1. The Balaban J connectivity index is 0.00000200. The Bertz CT molecular complexity index is 408. The second-order valence-corrected chi connectivity index (χ2v) is 5.42. The van der Waals surface area contributed by atoms with Crippen LogP contribution in [0.15, 0.2) is 22.7 Å². The molecule has 0 aliphatic carbocycles. The molecule has 1 heterocycles. The van der Waals surface area contributed by atoms with E-state index in [1.54, 1.807) is 12.1 Å². The van der Waals surface area contributed by atoms with E-state index in [9.17, 15) is 13.2 Å². The van der Waals surface area contributed by atoms with Gasteiger partial charge in [0.15, 0.2) is 0 Å². The third kappa shape index (κ3) is 4.35. The molecule has 0 unspecified atom stereocenters. The van der Waals surface area contributed by atoms with Gasteiger partial charge in [-0.25, -0.2) is 13.2 Å². The lowest BCUT2D eigenvalue weighted by Gasteiger charge is -2.35. The van der Waals surface area contributed by atoms with Crippen LogP contribution in [-0.4, -0.2) is 37.5 Å². The van der Waals surface area contributed by atoms with Crippen LogP contribution in [0.25, 0.3) is 0 Å². The van der Waals surface area contributed by atoms with Gasteiger partial charge in [-0.15, -0.1) is 12.4 Å². The molecule has 0 radical (unpaired) electrons. The van der Waals surface area contributed by atoms with Crippen molar-refractivity contribution in [2.75, 3.05) is 26.2 Å². The zero-order valence-electron chi connectivity index (χ0n) is 10.8. The van der Waals surface area contributed by atoms with Crippen LogP contribution in [0.4, 0.5) is 13.2 Å². The Morgan fingerprint density at radius 1 is 1.25 bits per heavy atom. The van der Waals surface area contributed by atoms with Crippen molar-refractivity contribution >= 4 is 28.3 Å². The van der Waals surface area contributed by atoms with Gasteiger partial charge in [0.05, 0.1) is 0 Å². The van der Waals surface area contributed by atoms with Gasteiger partial charge in [-0.2, -0.15) is 0 Å². The third-order valence-corrected chi connectivity index (χ3v) is 4.02. The van der Waals surface area contributed by atoms with Crippen molar-refractivity contribution in [3.05, 3.63) is 34.1 Å². The number of nitrogens with zero attached hydrogens (tertiary/aromatic N) is 1. The second kappa shape index (κ2) is 8.22. The average Bonchev–Trinajstić information content (AvgIpc) is 2.38. The highest BCUT2D eigenvalue weighted by molar-refractivity contribution is 9.10. The maximum atomic E-state index is 14.0. The molecule has 7 heteroatoms. The lowest BCUT2D eigenvalue weighted by atomic mass is 10.0. The van der Waals surface area contributed by atoms with E-state index in [1.165, 1.54) is 6.07 Å². The van der Waals surface area contributed by atoms with E-state index in [0.29, 0.717) is 23.1 Å². The zero-order chi connectivity index (χ0) is 13.8. The quantitative estimate of drug-likeness (QED) is 0.867. The fraction of sp³-hybridized carbons (Fsp3) is 0.538. The van der Waals surface area contributed by atoms with Gasteiger partial charge in [0.1, 0.15) is 5.82 Å². The highest BCUT2D eigenvalue weighted by Crippen LogP contribution is 2.34. The van der Waals surface area contributed by atoms with E-state index in [0.717, 1.165) is 13.1 Å². The summed E-state index contributed by atoms with van der Waals surface area (Å²) in [5.74, 6) is -0.432. The van der Waals surface area contributed by atoms with Crippen molar-refractivity contribution in [1.82, 2.24) is 10.2 Å². The van der Waals surface area contributed by atoms with Gasteiger partial charge in [0.25, 0.3) is 0 Å². The van der Waals surface area contributed by atoms with Gasteiger partial charge < -0.3 is 5.32 Å². The number of alkyl halides is 2. The summed E-state index contributed by atoms with van der Waals surface area (Å²) in [6, 6.07) is 4.00. The Morgan fingerprint density at radius 2 is 1.90 bits per heavy atom. The van der Waals surface area contributed by atoms with Crippen LogP contribution in [0, 0.1) is 5.82 Å². The van der Waals surface area contributed by atoms with Crippen LogP contribution < -0.4 is 5.32 Å². The van der Waals surface area contributed by atoms with E-state index in [4.69, 9.17) is 0 Å². The van der Waals surface area contributed by atoms with Crippen molar-refractivity contribution in [3.63, 3.8) is 0 Å². The first kappa shape index (κ1) is 17.8. The van der Waals surface area contributed by atoms with Crippen LogP contribution in [0.2, 0.25) is 0 Å². The van der Waals surface area contributed by atoms with Gasteiger partial charge in [0, 0.05) is 48.7 Å². The molecule has 0 saturated carbocycles. The summed E-state index contributed by atoms with van der Waals surface area (Å²) in [5.41, 5.74) is 0.338. The molecule has 0 bridgehead atoms. The predicted octanol–water partition coefficient (Wildman–Crippen LogP) is 3.61. The number of rotatable bonds is 4. The standard InChI is InChI=1S/C13H16BrF3N2.ClH/c14-9-2-1-3-10(15)13(9)11(8-12(16)17)19-6-4-18-5-7-19;/h1-3,11-12,18H,4-8H2;1H/t11-;/m0./s1. The minimum Gasteiger partial charge on any atom is -0.314 e. The first-order chi connectivity index (χ1) is 9.09. The van der Waals surface area contributed by atoms with E-state index >= 15 is 0 Å². The molecule has 0 aromatic heterocycles. The molecule has 1 aliphatic rings. The Kier molecular flexibility index (Phi) is 7.29. The first-order valence-corrected chi connectivity index (χ1v) is 7.05. The SMILES string of the molecule is Cl.Fc1cccc(Br)c1[C@H](CC(F)F)N1CCNCC1. The number of nitrogens with one attached hydrogen (secondary N) is 1. The first-order valence-electron chi connectivity index (χ1n) is 6.26. The number of hydrogen-bond acceptors (Lipinski definition) is 2. The number of benzene rings is 1. The van der Waals surface area contributed by atoms with Crippen LogP contribution in [0.5, 0.6) is 0 Å². The molecule has 1 fully saturated rings. The third-order valence-electron chi connectivity index (χ3n) is 3.33. The van der Waals surface area contributed by atoms with Crippen molar-refractivity contribution in [2.24, 2.45) is 0 Å². The fourth-order valence-electron chi connectivity index (χ4n) is 2.44. The van der Waals surface area contributed by atoms with Crippen molar-refractivity contribution in [3.8, 4) is 0 Å². The molecule has 2 nitrogen and oxygen atoms in total. The normalized spacial score (nSPS) is 17.9. The lowest BCUT2D eigenvalue weighted by molar-refractivity contribution is 0.0722. The van der Waals surface area contributed by atoms with Gasteiger partial charge in [0.2, 0.25) is 6.43 Å². The van der Waals surface area contributed by atoms with Crippen LogP contribution in [0.1, 0.15) is 18.0 Å². The molecule has 1 saturated heterocycles. The van der Waals surface area contributed by atoms with E-state index < -0.39 is 18.3 Å². The monoisotopic (exact) mass is 372 g/mol. The molecule has 114 valence electrons. The highest BCUT2D eigenvalue weighted by Gasteiger charge is 2.29. The van der Waals surface area contributed by atoms with Crippen molar-refractivity contribution in [1.29, 1.82) is 0 Å². The van der Waals surface area contributed by atoms with E-state index in [-0.39, 0.29) is 18.8 Å². The largest absolute Gasteiger partial charge is 0.314 e. The average molecular weight is 374 g/mol. The molecule has 20 heavy (non-hydrogen) atoms. The smallest absolute Gasteiger partial charge is 0.240 e. The summed E-state index contributed by atoms with van der Waals surface area (Å²) in [7, 11) is 0. The van der Waals surface area contributed by atoms with Crippen LogP contribution in [0.3, 0.4) is 0 Å². The minimum atomic E-state index is -2.45. The summed E-state index contributed by atoms with van der Waals surface area (Å²) in [6.45, 7) is 2.79. The van der Waals surface area contributed by atoms with Crippen molar-refractivity contribution < 1.29 is 13.2 Å². The lowest BCUT2D eigenvalue weighted by Crippen LogP contribution is -2.45. The van der Waals surface area contributed by atoms with Crippen LogP contribution >= 0.6 is 28.3 Å². The predicted molar refractivity (Wildman–Crippen MR) is 79.2 cm³/mol. The molecule has 1 atom stereocenters. The number of halogens is 5. The van der Waals surface area contributed by atoms with Gasteiger partial charge in [-0.3, -0.25) is 4.90 Å². The maximum Gasteiger partial charge on any atom is 0.240 e. The molecule has 0 amide bonds. The van der Waals surface area contributed by atoms with E-state index in [2.05, 4.69) is 21.2 Å². The Hall–Kier alpha value is -0.300. The number of hydrogen-bond donors (Lipinski definition) is 1. The second-order valence-electron chi connectivity index (χ2n) is 4.56. The van der Waals surface area contributed by atoms with Crippen molar-refractivity contribution in [2.45, 2.75) is 18.9 Å². The molecule has 0 spiro atoms. The summed E-state index contributed by atoms with van der Waals surface area (Å²) < 4.78 is 40.2. The summed E-state index contributed by atoms with van der Waals surface area (Å²) >= 11 is 3.28. The topological polar surface area (TPSA) is 15.3 Å². The van der Waals surface area contributed by atoms with E-state index in [1.807, 2.05) is 4.90 Å². The van der Waals surface area contributed by atoms with Gasteiger partial charge in [-0.05, 0) is 12.1 Å². The summed E-state index contributed by atoms with van der Waals surface area (Å²) in [6.07, 6.45) is -2.80. The molecule has 1 aromatic rings. The maximum absolute atomic E-state index is 14.0. The summed E-state index contributed by atoms with van der Waals surface area (Å²) in [5, 5.41) is 3.17. The summed E-state index contributed by atoms with van der Waals surface area (Å²) in [4.78, 5) is 1.92. The Labute approximate surface area is 131 Å². The zero-order valence-corrected chi connectivity index (χ0v) is 13.2. The minimum absolute atomic E-state index is 0. The van der Waals surface area contributed by atoms with Crippen LogP contribution in [-0.2, 0) is 0 Å². The molecular formula is C13H17BrClF3N2. The fourth-order valence-corrected chi connectivity index (χ4v) is 3.05. The molecular weight excluding hydrogens is 357 g/mol.